The fourth-order valence-electron chi connectivity index (χ4n) is 3.72. The first-order valence-electron chi connectivity index (χ1n) is 10.7. The molecule has 172 valence electrons. The van der Waals surface area contributed by atoms with Crippen LogP contribution in [0.15, 0.2) is 83.7 Å². The predicted molar refractivity (Wildman–Crippen MR) is 126 cm³/mol. The van der Waals surface area contributed by atoms with E-state index >= 15 is 0 Å². The molecule has 0 N–H and O–H groups in total. The summed E-state index contributed by atoms with van der Waals surface area (Å²) in [5, 5.41) is 4.48. The molecule has 3 aromatic carbocycles. The van der Waals surface area contributed by atoms with Crippen LogP contribution in [0, 0.1) is 11.6 Å². The number of aromatic nitrogens is 2. The highest BCUT2D eigenvalue weighted by molar-refractivity contribution is 5.84. The smallest absolute Gasteiger partial charge is 0.275 e. The van der Waals surface area contributed by atoms with Crippen molar-refractivity contribution < 1.29 is 18.3 Å². The van der Waals surface area contributed by atoms with Crippen LogP contribution in [0.25, 0.3) is 22.4 Å². The van der Waals surface area contributed by atoms with Crippen LogP contribution in [0.4, 0.5) is 8.78 Å². The van der Waals surface area contributed by atoms with Gasteiger partial charge in [-0.05, 0) is 48.4 Å². The third-order valence-electron chi connectivity index (χ3n) is 5.52. The van der Waals surface area contributed by atoms with E-state index in [1.165, 1.54) is 0 Å². The Labute approximate surface area is 195 Å². The molecule has 0 spiro atoms. The zero-order chi connectivity index (χ0) is 24.2. The molecule has 0 fully saturated rings. The van der Waals surface area contributed by atoms with Crippen LogP contribution in [0.1, 0.15) is 18.5 Å². The van der Waals surface area contributed by atoms with E-state index in [0.717, 1.165) is 22.9 Å². The molecule has 34 heavy (non-hydrogen) atoms. The second kappa shape index (κ2) is 9.79. The van der Waals surface area contributed by atoms with Crippen molar-refractivity contribution in [2.75, 3.05) is 7.11 Å². The molecule has 0 saturated carbocycles. The summed E-state index contributed by atoms with van der Waals surface area (Å²) >= 11 is 0. The van der Waals surface area contributed by atoms with Gasteiger partial charge in [0, 0.05) is 18.1 Å². The maximum Gasteiger partial charge on any atom is 0.275 e. The fraction of sp³-hybridized carbons (Fsp3) is 0.148. The Morgan fingerprint density at radius 3 is 2.29 bits per heavy atom. The van der Waals surface area contributed by atoms with Gasteiger partial charge in [0.15, 0.2) is 5.78 Å². The number of rotatable bonds is 7. The van der Waals surface area contributed by atoms with E-state index in [-0.39, 0.29) is 12.0 Å². The predicted octanol–water partition coefficient (Wildman–Crippen LogP) is 5.24. The average molecular weight is 460 g/mol. The lowest BCUT2D eigenvalue weighted by Gasteiger charge is -2.17. The molecular formula is C27H22F2N2O3. The van der Waals surface area contributed by atoms with Gasteiger partial charge in [-0.3, -0.25) is 9.59 Å². The Morgan fingerprint density at radius 1 is 0.941 bits per heavy atom. The first-order chi connectivity index (χ1) is 16.4. The van der Waals surface area contributed by atoms with Gasteiger partial charge in [-0.15, -0.1) is 0 Å². The van der Waals surface area contributed by atoms with E-state index in [1.807, 2.05) is 24.3 Å². The second-order valence-electron chi connectivity index (χ2n) is 7.89. The molecule has 1 heterocycles. The van der Waals surface area contributed by atoms with Gasteiger partial charge in [0.1, 0.15) is 23.4 Å². The Balaban J connectivity index is 1.80. The van der Waals surface area contributed by atoms with Crippen molar-refractivity contribution in [2.45, 2.75) is 19.4 Å². The van der Waals surface area contributed by atoms with E-state index in [2.05, 4.69) is 5.10 Å². The summed E-state index contributed by atoms with van der Waals surface area (Å²) in [7, 11) is 1.55. The van der Waals surface area contributed by atoms with Crippen LogP contribution in [-0.4, -0.2) is 22.7 Å². The highest BCUT2D eigenvalue weighted by Crippen LogP contribution is 2.26. The summed E-state index contributed by atoms with van der Waals surface area (Å²) in [4.78, 5) is 26.4. The Hall–Kier alpha value is -4.13. The SMILES string of the molecule is COc1cccc(-c2cc(-c3ccccc3)c(=O)n(C(C)C(=O)Cc3cc(F)cc(F)c3)n2)c1. The van der Waals surface area contributed by atoms with Crippen molar-refractivity contribution in [1.29, 1.82) is 0 Å². The van der Waals surface area contributed by atoms with Crippen LogP contribution in [0.3, 0.4) is 0 Å². The number of hydrogen-bond acceptors (Lipinski definition) is 4. The Kier molecular flexibility index (Phi) is 6.63. The van der Waals surface area contributed by atoms with E-state index in [0.29, 0.717) is 28.1 Å². The van der Waals surface area contributed by atoms with Gasteiger partial charge in [0.2, 0.25) is 0 Å². The number of ether oxygens (including phenoxy) is 1. The number of ketones is 1. The van der Waals surface area contributed by atoms with Crippen molar-refractivity contribution >= 4 is 5.78 Å². The minimum Gasteiger partial charge on any atom is -0.497 e. The molecule has 0 bridgehead atoms. The van der Waals surface area contributed by atoms with Crippen molar-refractivity contribution in [2.24, 2.45) is 0 Å². The quantitative estimate of drug-likeness (QED) is 0.379. The average Bonchev–Trinajstić information content (AvgIpc) is 2.83. The molecule has 1 atom stereocenters. The van der Waals surface area contributed by atoms with Crippen molar-refractivity contribution in [3.05, 3.63) is 106 Å². The number of Topliss-reactive ketones (excluding diaryl/α,β-unsaturated/α-hetero) is 1. The molecule has 0 aliphatic rings. The minimum atomic E-state index is -0.966. The van der Waals surface area contributed by atoms with Gasteiger partial charge in [-0.25, -0.2) is 13.5 Å². The standard InChI is InChI=1S/C27H22F2N2O3/c1-17(26(32)13-18-11-21(28)15-22(29)12-18)31-27(33)24(19-7-4-3-5-8-19)16-25(30-31)20-9-6-10-23(14-20)34-2/h3-12,14-17H,13H2,1-2H3. The highest BCUT2D eigenvalue weighted by Gasteiger charge is 2.22. The van der Waals surface area contributed by atoms with Gasteiger partial charge < -0.3 is 4.74 Å². The van der Waals surface area contributed by atoms with Crippen LogP contribution >= 0.6 is 0 Å². The molecule has 4 aromatic rings. The molecule has 5 nitrogen and oxygen atoms in total. The number of methoxy groups -OCH3 is 1. The third-order valence-corrected chi connectivity index (χ3v) is 5.52. The Bertz CT molecular complexity index is 1380. The van der Waals surface area contributed by atoms with Gasteiger partial charge in [0.25, 0.3) is 5.56 Å². The maximum atomic E-state index is 13.6. The van der Waals surface area contributed by atoms with Gasteiger partial charge in [0.05, 0.1) is 18.4 Å². The third kappa shape index (κ3) is 4.93. The number of hydrogen-bond donors (Lipinski definition) is 0. The van der Waals surface area contributed by atoms with E-state index in [9.17, 15) is 18.4 Å². The van der Waals surface area contributed by atoms with Crippen LogP contribution < -0.4 is 10.3 Å². The number of carbonyl (C=O) groups is 1. The molecule has 7 heteroatoms. The molecule has 1 unspecified atom stereocenters. The minimum absolute atomic E-state index is 0.189. The monoisotopic (exact) mass is 460 g/mol. The topological polar surface area (TPSA) is 61.2 Å². The summed E-state index contributed by atoms with van der Waals surface area (Å²) < 4.78 is 33.6. The molecular weight excluding hydrogens is 438 g/mol. The molecule has 0 aliphatic heterocycles. The fourth-order valence-corrected chi connectivity index (χ4v) is 3.72. The van der Waals surface area contributed by atoms with Crippen molar-refractivity contribution in [3.63, 3.8) is 0 Å². The number of nitrogens with zero attached hydrogens (tertiary/aromatic N) is 2. The number of halogens is 2. The van der Waals surface area contributed by atoms with E-state index < -0.39 is 29.0 Å². The molecule has 0 radical (unpaired) electrons. The summed E-state index contributed by atoms with van der Waals surface area (Å²) in [6, 6.07) is 20.0. The summed E-state index contributed by atoms with van der Waals surface area (Å²) in [5.74, 6) is -1.31. The first-order valence-corrected chi connectivity index (χ1v) is 10.7. The zero-order valence-corrected chi connectivity index (χ0v) is 18.7. The summed E-state index contributed by atoms with van der Waals surface area (Å²) in [6.07, 6.45) is -0.242. The summed E-state index contributed by atoms with van der Waals surface area (Å²) in [6.45, 7) is 1.55. The van der Waals surface area contributed by atoms with E-state index in [4.69, 9.17) is 4.74 Å². The van der Waals surface area contributed by atoms with Crippen LogP contribution in [0.2, 0.25) is 0 Å². The van der Waals surface area contributed by atoms with Gasteiger partial charge in [-0.1, -0.05) is 42.5 Å². The zero-order valence-electron chi connectivity index (χ0n) is 18.7. The summed E-state index contributed by atoms with van der Waals surface area (Å²) in [5.41, 5.74) is 1.99. The lowest BCUT2D eigenvalue weighted by Crippen LogP contribution is -2.32. The largest absolute Gasteiger partial charge is 0.497 e. The number of benzene rings is 3. The molecule has 0 aliphatic carbocycles. The second-order valence-corrected chi connectivity index (χ2v) is 7.89. The van der Waals surface area contributed by atoms with Gasteiger partial charge >= 0.3 is 0 Å². The highest BCUT2D eigenvalue weighted by atomic mass is 19.1. The van der Waals surface area contributed by atoms with Crippen molar-refractivity contribution in [3.8, 4) is 28.1 Å². The lowest BCUT2D eigenvalue weighted by atomic mass is 10.0. The molecule has 0 saturated heterocycles. The molecule has 4 rings (SSSR count). The van der Waals surface area contributed by atoms with E-state index in [1.54, 1.807) is 50.4 Å². The van der Waals surface area contributed by atoms with Gasteiger partial charge in [-0.2, -0.15) is 5.10 Å². The first kappa shape index (κ1) is 23.0. The van der Waals surface area contributed by atoms with Crippen LogP contribution in [-0.2, 0) is 11.2 Å². The molecule has 1 aromatic heterocycles. The maximum absolute atomic E-state index is 13.6. The van der Waals surface area contributed by atoms with Crippen LogP contribution in [0.5, 0.6) is 5.75 Å². The Morgan fingerprint density at radius 2 is 1.62 bits per heavy atom. The van der Waals surface area contributed by atoms with Crippen molar-refractivity contribution in [1.82, 2.24) is 9.78 Å². The lowest BCUT2D eigenvalue weighted by molar-refractivity contribution is -0.121. The normalized spacial score (nSPS) is 11.8. The molecule has 0 amide bonds. The number of carbonyl (C=O) groups excluding carboxylic acids is 1.